The van der Waals surface area contributed by atoms with Gasteiger partial charge in [-0.25, -0.2) is 9.31 Å². The van der Waals surface area contributed by atoms with Crippen LogP contribution in [0.4, 0.5) is 10.5 Å². The number of imide groups is 1. The fourth-order valence-electron chi connectivity index (χ4n) is 1.94. The summed E-state index contributed by atoms with van der Waals surface area (Å²) in [6.45, 7) is 0.374. The van der Waals surface area contributed by atoms with Gasteiger partial charge in [0.15, 0.2) is 0 Å². The van der Waals surface area contributed by atoms with Crippen LogP contribution in [0.25, 0.3) is 5.52 Å². The first-order chi connectivity index (χ1) is 8.65. The van der Waals surface area contributed by atoms with Gasteiger partial charge < -0.3 is 0 Å². The lowest BCUT2D eigenvalue weighted by Gasteiger charge is -2.25. The number of urea groups is 1. The second-order valence-electron chi connectivity index (χ2n) is 3.96. The van der Waals surface area contributed by atoms with Crippen LogP contribution in [0, 0.1) is 0 Å². The number of aromatic nitrogens is 2. The Balaban J connectivity index is 2.06. The van der Waals surface area contributed by atoms with Crippen molar-refractivity contribution in [1.82, 2.24) is 14.9 Å². The Morgan fingerprint density at radius 1 is 1.39 bits per heavy atom. The minimum atomic E-state index is -0.402. The van der Waals surface area contributed by atoms with Crippen molar-refractivity contribution >= 4 is 39.1 Å². The molecule has 1 aliphatic rings. The molecule has 0 saturated carbocycles. The molecule has 1 saturated heterocycles. The van der Waals surface area contributed by atoms with Crippen LogP contribution in [0.3, 0.4) is 0 Å². The molecular formula is C11H9BrN4O2. The summed E-state index contributed by atoms with van der Waals surface area (Å²) in [5.41, 5.74) is 1.51. The van der Waals surface area contributed by atoms with Gasteiger partial charge in [-0.3, -0.25) is 15.0 Å². The lowest BCUT2D eigenvalue weighted by molar-refractivity contribution is -0.120. The normalized spacial score (nSPS) is 16.2. The van der Waals surface area contributed by atoms with Gasteiger partial charge in [-0.2, -0.15) is 5.10 Å². The van der Waals surface area contributed by atoms with Gasteiger partial charge in [0, 0.05) is 23.6 Å². The number of pyridine rings is 1. The van der Waals surface area contributed by atoms with E-state index >= 15 is 0 Å². The Morgan fingerprint density at radius 2 is 2.22 bits per heavy atom. The van der Waals surface area contributed by atoms with Gasteiger partial charge >= 0.3 is 6.03 Å². The number of carbonyl (C=O) groups is 2. The monoisotopic (exact) mass is 308 g/mol. The molecule has 1 fully saturated rings. The molecule has 0 atom stereocenters. The number of anilines is 1. The van der Waals surface area contributed by atoms with Gasteiger partial charge in [-0.05, 0) is 12.1 Å². The predicted molar refractivity (Wildman–Crippen MR) is 68.4 cm³/mol. The maximum atomic E-state index is 11.8. The van der Waals surface area contributed by atoms with Crippen molar-refractivity contribution in [3.8, 4) is 0 Å². The Kier molecular flexibility index (Phi) is 2.55. The first-order valence-electron chi connectivity index (χ1n) is 5.39. The maximum absolute atomic E-state index is 11.8. The molecule has 3 heterocycles. The summed E-state index contributed by atoms with van der Waals surface area (Å²) in [4.78, 5) is 24.4. The van der Waals surface area contributed by atoms with Crippen LogP contribution in [-0.2, 0) is 4.79 Å². The average molecular weight is 309 g/mol. The number of hydrogen-bond donors (Lipinski definition) is 1. The summed E-state index contributed by atoms with van der Waals surface area (Å²) in [5.74, 6) is -0.242. The van der Waals surface area contributed by atoms with Crippen LogP contribution >= 0.6 is 15.9 Å². The number of nitrogens with one attached hydrogen (secondary N) is 1. The molecule has 1 aliphatic heterocycles. The lowest BCUT2D eigenvalue weighted by atomic mass is 10.2. The van der Waals surface area contributed by atoms with Gasteiger partial charge in [-0.1, -0.05) is 15.9 Å². The zero-order chi connectivity index (χ0) is 12.7. The molecule has 0 radical (unpaired) electrons. The van der Waals surface area contributed by atoms with Crippen molar-refractivity contribution < 1.29 is 9.59 Å². The molecule has 0 aromatic carbocycles. The number of hydrogen-bond acceptors (Lipinski definition) is 3. The van der Waals surface area contributed by atoms with Gasteiger partial charge in [-0.15, -0.1) is 0 Å². The Labute approximate surface area is 111 Å². The highest BCUT2D eigenvalue weighted by Crippen LogP contribution is 2.25. The lowest BCUT2D eigenvalue weighted by Crippen LogP contribution is -2.49. The third kappa shape index (κ3) is 1.76. The molecule has 18 heavy (non-hydrogen) atoms. The zero-order valence-corrected chi connectivity index (χ0v) is 10.8. The van der Waals surface area contributed by atoms with E-state index < -0.39 is 6.03 Å². The molecule has 3 amide bonds. The largest absolute Gasteiger partial charge is 0.328 e. The summed E-state index contributed by atoms with van der Waals surface area (Å²) in [6, 6.07) is 3.34. The number of rotatable bonds is 1. The van der Waals surface area contributed by atoms with Crippen molar-refractivity contribution in [3.05, 3.63) is 29.0 Å². The number of halogens is 1. The molecule has 3 rings (SSSR count). The standard InChI is InChI=1S/C11H9BrN4O2/c12-7-1-4-16-8(5-7)9(6-13-16)15-3-2-10(17)14-11(15)18/h1,4-6H,2-3H2,(H,14,17,18). The number of carbonyl (C=O) groups excluding carboxylic acids is 2. The van der Waals surface area contributed by atoms with E-state index in [-0.39, 0.29) is 5.91 Å². The third-order valence-corrected chi connectivity index (χ3v) is 3.30. The molecule has 1 N–H and O–H groups in total. The SMILES string of the molecule is O=C1CCN(c2cnn3ccc(Br)cc23)C(=O)N1. The minimum Gasteiger partial charge on any atom is -0.290 e. The number of amides is 3. The van der Waals surface area contributed by atoms with Crippen molar-refractivity contribution in [2.45, 2.75) is 6.42 Å². The fourth-order valence-corrected chi connectivity index (χ4v) is 2.28. The second kappa shape index (κ2) is 4.09. The first-order valence-corrected chi connectivity index (χ1v) is 6.19. The summed E-state index contributed by atoms with van der Waals surface area (Å²) >= 11 is 3.39. The highest BCUT2D eigenvalue weighted by molar-refractivity contribution is 9.10. The Morgan fingerprint density at radius 3 is 3.00 bits per heavy atom. The van der Waals surface area contributed by atoms with E-state index in [2.05, 4.69) is 26.3 Å². The van der Waals surface area contributed by atoms with Crippen LogP contribution in [0.5, 0.6) is 0 Å². The Bertz CT molecular complexity index is 652. The maximum Gasteiger partial charge on any atom is 0.328 e. The van der Waals surface area contributed by atoms with E-state index in [4.69, 9.17) is 0 Å². The van der Waals surface area contributed by atoms with E-state index in [1.165, 1.54) is 4.90 Å². The van der Waals surface area contributed by atoms with E-state index in [0.29, 0.717) is 18.7 Å². The predicted octanol–water partition coefficient (Wildman–Crippen LogP) is 1.54. The van der Waals surface area contributed by atoms with Crippen LogP contribution in [0.15, 0.2) is 29.0 Å². The summed E-state index contributed by atoms with van der Waals surface area (Å²) in [6.07, 6.45) is 3.73. The summed E-state index contributed by atoms with van der Waals surface area (Å²) in [7, 11) is 0. The van der Waals surface area contributed by atoms with E-state index in [9.17, 15) is 9.59 Å². The molecule has 92 valence electrons. The van der Waals surface area contributed by atoms with Gasteiger partial charge in [0.25, 0.3) is 0 Å². The van der Waals surface area contributed by atoms with Crippen LogP contribution in [0.1, 0.15) is 6.42 Å². The van der Waals surface area contributed by atoms with Crippen LogP contribution < -0.4 is 10.2 Å². The number of fused-ring (bicyclic) bond motifs is 1. The smallest absolute Gasteiger partial charge is 0.290 e. The Hall–Kier alpha value is -1.89. The molecule has 2 aromatic rings. The van der Waals surface area contributed by atoms with E-state index in [1.807, 2.05) is 12.1 Å². The highest BCUT2D eigenvalue weighted by Gasteiger charge is 2.26. The molecule has 0 unspecified atom stereocenters. The molecule has 0 aliphatic carbocycles. The van der Waals surface area contributed by atoms with Crippen molar-refractivity contribution in [2.75, 3.05) is 11.4 Å². The van der Waals surface area contributed by atoms with E-state index in [1.54, 1.807) is 16.9 Å². The fraction of sp³-hybridized carbons (Fsp3) is 0.182. The third-order valence-electron chi connectivity index (χ3n) is 2.81. The first kappa shape index (κ1) is 11.2. The summed E-state index contributed by atoms with van der Waals surface area (Å²) in [5, 5.41) is 6.47. The average Bonchev–Trinajstić information content (AvgIpc) is 2.72. The molecule has 0 bridgehead atoms. The number of nitrogens with zero attached hydrogens (tertiary/aromatic N) is 3. The van der Waals surface area contributed by atoms with Crippen molar-refractivity contribution in [1.29, 1.82) is 0 Å². The molecular weight excluding hydrogens is 300 g/mol. The highest BCUT2D eigenvalue weighted by atomic mass is 79.9. The topological polar surface area (TPSA) is 66.7 Å². The van der Waals surface area contributed by atoms with Gasteiger partial charge in [0.2, 0.25) is 5.91 Å². The quantitative estimate of drug-likeness (QED) is 0.869. The molecule has 6 nitrogen and oxygen atoms in total. The van der Waals surface area contributed by atoms with Crippen LogP contribution in [0.2, 0.25) is 0 Å². The minimum absolute atomic E-state index is 0.242. The zero-order valence-electron chi connectivity index (χ0n) is 9.26. The molecule has 7 heteroatoms. The molecule has 0 spiro atoms. The van der Waals surface area contributed by atoms with Crippen molar-refractivity contribution in [2.24, 2.45) is 0 Å². The molecule has 2 aromatic heterocycles. The summed E-state index contributed by atoms with van der Waals surface area (Å²) < 4.78 is 2.59. The second-order valence-corrected chi connectivity index (χ2v) is 4.88. The van der Waals surface area contributed by atoms with E-state index in [0.717, 1.165) is 9.99 Å². The van der Waals surface area contributed by atoms with Gasteiger partial charge in [0.05, 0.1) is 17.4 Å². The van der Waals surface area contributed by atoms with Crippen LogP contribution in [-0.4, -0.2) is 28.1 Å². The van der Waals surface area contributed by atoms with Gasteiger partial charge in [0.1, 0.15) is 0 Å². The van der Waals surface area contributed by atoms with Crippen molar-refractivity contribution in [3.63, 3.8) is 0 Å².